The van der Waals surface area contributed by atoms with E-state index >= 15 is 0 Å². The maximum absolute atomic E-state index is 11.7. The van der Waals surface area contributed by atoms with E-state index in [1.165, 1.54) is 0 Å². The van der Waals surface area contributed by atoms with Gasteiger partial charge in [0.25, 0.3) is 5.91 Å². The Labute approximate surface area is 96.3 Å². The molecule has 0 atom stereocenters. The number of hydrogen-bond acceptors (Lipinski definition) is 3. The van der Waals surface area contributed by atoms with E-state index in [1.807, 2.05) is 0 Å². The second-order valence-electron chi connectivity index (χ2n) is 3.28. The van der Waals surface area contributed by atoms with Crippen LogP contribution in [0.2, 0.25) is 0 Å². The predicted molar refractivity (Wildman–Crippen MR) is 59.9 cm³/mol. The average molecular weight is 231 g/mol. The minimum atomic E-state index is -1.15. The molecule has 17 heavy (non-hydrogen) atoms. The maximum atomic E-state index is 11.7. The Morgan fingerprint density at radius 3 is 2.59 bits per heavy atom. The minimum absolute atomic E-state index is 0.0747. The van der Waals surface area contributed by atoms with Gasteiger partial charge in [-0.1, -0.05) is 18.2 Å². The Morgan fingerprint density at radius 2 is 1.94 bits per heavy atom. The average Bonchev–Trinajstić information content (AvgIpc) is 2.78. The van der Waals surface area contributed by atoms with Crippen LogP contribution in [-0.2, 0) is 0 Å². The molecule has 2 aromatic rings. The number of hydrogen-bond donors (Lipinski definition) is 3. The van der Waals surface area contributed by atoms with Crippen molar-refractivity contribution >= 4 is 17.7 Å². The molecule has 6 nitrogen and oxygen atoms in total. The highest BCUT2D eigenvalue weighted by molar-refractivity contribution is 6.06. The number of benzene rings is 1. The largest absolute Gasteiger partial charge is 0.477 e. The Balaban J connectivity index is 2.19. The number of carbonyl (C=O) groups is 2. The molecule has 0 aliphatic rings. The van der Waals surface area contributed by atoms with Crippen molar-refractivity contribution in [2.24, 2.45) is 0 Å². The summed E-state index contributed by atoms with van der Waals surface area (Å²) in [7, 11) is 0. The standard InChI is InChI=1S/C11H9N3O3/c15-10(7-4-2-1-3-5-7)13-9-8(11(16)17)6-12-14-9/h1-6H,(H,16,17)(H2,12,13,14,15). The molecule has 1 heterocycles. The number of carboxylic acids is 1. The highest BCUT2D eigenvalue weighted by Gasteiger charge is 2.15. The topological polar surface area (TPSA) is 95.1 Å². The van der Waals surface area contributed by atoms with Gasteiger partial charge in [0.15, 0.2) is 0 Å². The molecule has 0 spiro atoms. The van der Waals surface area contributed by atoms with Crippen molar-refractivity contribution in [2.75, 3.05) is 5.32 Å². The number of aromatic carboxylic acids is 1. The van der Waals surface area contributed by atoms with E-state index in [4.69, 9.17) is 5.11 Å². The Morgan fingerprint density at radius 1 is 1.24 bits per heavy atom. The fraction of sp³-hybridized carbons (Fsp3) is 0. The summed E-state index contributed by atoms with van der Waals surface area (Å²) in [5.74, 6) is -1.47. The lowest BCUT2D eigenvalue weighted by molar-refractivity contribution is 0.0698. The summed E-state index contributed by atoms with van der Waals surface area (Å²) in [5.41, 5.74) is 0.368. The molecule has 2 rings (SSSR count). The van der Waals surface area contributed by atoms with Crippen LogP contribution in [0.15, 0.2) is 36.5 Å². The predicted octanol–water partition coefficient (Wildman–Crippen LogP) is 1.36. The summed E-state index contributed by atoms with van der Waals surface area (Å²) in [6.07, 6.45) is 1.14. The van der Waals surface area contributed by atoms with Crippen molar-refractivity contribution in [1.29, 1.82) is 0 Å². The summed E-state index contributed by atoms with van der Waals surface area (Å²) < 4.78 is 0. The first kappa shape index (κ1) is 10.9. The molecule has 0 unspecified atom stereocenters. The summed E-state index contributed by atoms with van der Waals surface area (Å²) in [4.78, 5) is 22.5. The Bertz CT molecular complexity index is 548. The molecule has 0 saturated carbocycles. The van der Waals surface area contributed by atoms with Crippen LogP contribution in [-0.4, -0.2) is 27.2 Å². The van der Waals surface area contributed by atoms with E-state index in [-0.39, 0.29) is 11.4 Å². The third kappa shape index (κ3) is 2.31. The van der Waals surface area contributed by atoms with Crippen molar-refractivity contribution in [2.45, 2.75) is 0 Å². The van der Waals surface area contributed by atoms with Gasteiger partial charge in [0.2, 0.25) is 0 Å². The van der Waals surface area contributed by atoms with Crippen LogP contribution in [0.1, 0.15) is 20.7 Å². The van der Waals surface area contributed by atoms with Crippen LogP contribution in [0.5, 0.6) is 0 Å². The van der Waals surface area contributed by atoms with E-state index in [0.29, 0.717) is 5.56 Å². The van der Waals surface area contributed by atoms with Crippen molar-refractivity contribution in [3.8, 4) is 0 Å². The molecule has 0 aliphatic carbocycles. The van der Waals surface area contributed by atoms with E-state index in [0.717, 1.165) is 6.20 Å². The smallest absolute Gasteiger partial charge is 0.341 e. The van der Waals surface area contributed by atoms with Crippen molar-refractivity contribution in [3.63, 3.8) is 0 Å². The SMILES string of the molecule is O=C(Nc1[nH]ncc1C(=O)O)c1ccccc1. The third-order valence-electron chi connectivity index (χ3n) is 2.14. The summed E-state index contributed by atoms with van der Waals surface area (Å²) in [5, 5.41) is 17.3. The zero-order valence-electron chi connectivity index (χ0n) is 8.68. The molecule has 1 amide bonds. The first-order valence-electron chi connectivity index (χ1n) is 4.81. The van der Waals surface area contributed by atoms with Gasteiger partial charge in [-0.3, -0.25) is 9.89 Å². The molecule has 0 fully saturated rings. The molecule has 1 aromatic carbocycles. The summed E-state index contributed by atoms with van der Waals surface area (Å²) in [6.45, 7) is 0. The number of amides is 1. The van der Waals surface area contributed by atoms with Gasteiger partial charge in [0, 0.05) is 5.56 Å². The van der Waals surface area contributed by atoms with E-state index in [1.54, 1.807) is 30.3 Å². The first-order valence-corrected chi connectivity index (χ1v) is 4.81. The lowest BCUT2D eigenvalue weighted by Crippen LogP contribution is -2.14. The van der Waals surface area contributed by atoms with E-state index in [2.05, 4.69) is 15.5 Å². The number of aromatic nitrogens is 2. The molecule has 86 valence electrons. The first-order chi connectivity index (χ1) is 8.18. The number of nitrogens with one attached hydrogen (secondary N) is 2. The van der Waals surface area contributed by atoms with Gasteiger partial charge in [0.05, 0.1) is 6.20 Å². The maximum Gasteiger partial charge on any atom is 0.341 e. The van der Waals surface area contributed by atoms with Crippen LogP contribution >= 0.6 is 0 Å². The van der Waals surface area contributed by atoms with Crippen LogP contribution in [0.4, 0.5) is 5.82 Å². The minimum Gasteiger partial charge on any atom is -0.477 e. The quantitative estimate of drug-likeness (QED) is 0.743. The van der Waals surface area contributed by atoms with Crippen LogP contribution in [0, 0.1) is 0 Å². The Hall–Kier alpha value is -2.63. The van der Waals surface area contributed by atoms with Gasteiger partial charge in [0.1, 0.15) is 11.4 Å². The highest BCUT2D eigenvalue weighted by atomic mass is 16.4. The lowest BCUT2D eigenvalue weighted by Gasteiger charge is -2.03. The van der Waals surface area contributed by atoms with Gasteiger partial charge in [-0.15, -0.1) is 0 Å². The summed E-state index contributed by atoms with van der Waals surface area (Å²) in [6, 6.07) is 8.49. The monoisotopic (exact) mass is 231 g/mol. The number of anilines is 1. The number of H-pyrrole nitrogens is 1. The molecular weight excluding hydrogens is 222 g/mol. The number of carbonyl (C=O) groups excluding carboxylic acids is 1. The number of aromatic amines is 1. The second-order valence-corrected chi connectivity index (χ2v) is 3.28. The van der Waals surface area contributed by atoms with Crippen molar-refractivity contribution in [3.05, 3.63) is 47.7 Å². The molecule has 1 aromatic heterocycles. The zero-order chi connectivity index (χ0) is 12.3. The molecule has 0 saturated heterocycles. The second kappa shape index (κ2) is 4.48. The normalized spacial score (nSPS) is 9.88. The van der Waals surface area contributed by atoms with E-state index in [9.17, 15) is 9.59 Å². The van der Waals surface area contributed by atoms with Gasteiger partial charge in [-0.25, -0.2) is 4.79 Å². The van der Waals surface area contributed by atoms with Gasteiger partial charge in [-0.05, 0) is 12.1 Å². The number of rotatable bonds is 3. The van der Waals surface area contributed by atoms with Gasteiger partial charge < -0.3 is 10.4 Å². The fourth-order valence-electron chi connectivity index (χ4n) is 1.32. The lowest BCUT2D eigenvalue weighted by atomic mass is 10.2. The van der Waals surface area contributed by atoms with Gasteiger partial charge in [-0.2, -0.15) is 5.10 Å². The summed E-state index contributed by atoms with van der Waals surface area (Å²) >= 11 is 0. The highest BCUT2D eigenvalue weighted by Crippen LogP contribution is 2.12. The molecular formula is C11H9N3O3. The van der Waals surface area contributed by atoms with Crippen molar-refractivity contribution in [1.82, 2.24) is 10.2 Å². The van der Waals surface area contributed by atoms with Crippen molar-refractivity contribution < 1.29 is 14.7 Å². The van der Waals surface area contributed by atoms with Crippen LogP contribution < -0.4 is 5.32 Å². The molecule has 0 bridgehead atoms. The molecule has 0 aliphatic heterocycles. The van der Waals surface area contributed by atoms with Crippen LogP contribution in [0.3, 0.4) is 0 Å². The van der Waals surface area contributed by atoms with E-state index < -0.39 is 11.9 Å². The molecule has 3 N–H and O–H groups in total. The molecule has 6 heteroatoms. The van der Waals surface area contributed by atoms with Crippen LogP contribution in [0.25, 0.3) is 0 Å². The zero-order valence-corrected chi connectivity index (χ0v) is 8.68. The fourth-order valence-corrected chi connectivity index (χ4v) is 1.32. The number of carboxylic acid groups (broad SMARTS) is 1. The third-order valence-corrected chi connectivity index (χ3v) is 2.14. The van der Waals surface area contributed by atoms with Gasteiger partial charge >= 0.3 is 5.97 Å². The molecule has 0 radical (unpaired) electrons. The number of nitrogens with zero attached hydrogens (tertiary/aromatic N) is 1. The Kier molecular flexibility index (Phi) is 2.87.